The van der Waals surface area contributed by atoms with Crippen molar-refractivity contribution in [3.8, 4) is 0 Å². The molecule has 6 N–H and O–H groups in total. The molecule has 9 heteroatoms. The van der Waals surface area contributed by atoms with E-state index in [2.05, 4.69) is 5.32 Å². The molecule has 0 aliphatic carbocycles. The summed E-state index contributed by atoms with van der Waals surface area (Å²) in [5.74, 6) is 0. The van der Waals surface area contributed by atoms with Gasteiger partial charge in [-0.3, -0.25) is 0 Å². The summed E-state index contributed by atoms with van der Waals surface area (Å²) in [7, 11) is -0.958. The van der Waals surface area contributed by atoms with Crippen LogP contribution in [0.15, 0.2) is 23.1 Å². The minimum Gasteiger partial charge on any atom is -0.396 e. The Hall–Kier alpha value is -1.39. The second-order valence-corrected chi connectivity index (χ2v) is 7.00. The summed E-state index contributed by atoms with van der Waals surface area (Å²) in [5, 5.41) is 30.6. The fourth-order valence-electron chi connectivity index (χ4n) is 1.63. The zero-order valence-electron chi connectivity index (χ0n) is 11.9. The molecule has 0 atom stereocenters. The Bertz CT molecular complexity index is 576. The molecule has 0 saturated heterocycles. The van der Waals surface area contributed by atoms with Crippen LogP contribution in [-0.2, 0) is 10.0 Å². The number of aliphatic hydroxyl groups is 3. The molecule has 120 valence electrons. The fourth-order valence-corrected chi connectivity index (χ4v) is 2.66. The Kier molecular flexibility index (Phi) is 5.54. The van der Waals surface area contributed by atoms with E-state index in [1.807, 2.05) is 0 Å². The maximum Gasteiger partial charge on any atom is 0.244 e. The van der Waals surface area contributed by atoms with E-state index in [1.54, 1.807) is 0 Å². The maximum atomic E-state index is 12.1. The first kappa shape index (κ1) is 17.7. The minimum absolute atomic E-state index is 0.0501. The third-order valence-corrected chi connectivity index (χ3v) is 5.01. The summed E-state index contributed by atoms with van der Waals surface area (Å²) in [6.07, 6.45) is 0. The molecule has 0 bridgehead atoms. The van der Waals surface area contributed by atoms with Crippen molar-refractivity contribution >= 4 is 21.4 Å². The Labute approximate surface area is 123 Å². The third-order valence-electron chi connectivity index (χ3n) is 3.13. The highest BCUT2D eigenvalue weighted by Crippen LogP contribution is 2.30. The summed E-state index contributed by atoms with van der Waals surface area (Å²) >= 11 is 0. The molecular weight excluding hydrogens is 298 g/mol. The standard InChI is InChI=1S/C12H21N3O5S/c1-15(2)21(19,20)10-5-3-4-9(11(10)13)14-12(6-16,7-17)8-18/h3-5,14,16-18H,6-8,13H2,1-2H3. The molecule has 0 aliphatic heterocycles. The molecule has 0 spiro atoms. The Morgan fingerprint density at radius 3 is 2.14 bits per heavy atom. The smallest absolute Gasteiger partial charge is 0.244 e. The van der Waals surface area contributed by atoms with Gasteiger partial charge in [-0.15, -0.1) is 0 Å². The average molecular weight is 319 g/mol. The molecule has 8 nitrogen and oxygen atoms in total. The van der Waals surface area contributed by atoms with Crippen LogP contribution in [0.2, 0.25) is 0 Å². The van der Waals surface area contributed by atoms with Gasteiger partial charge < -0.3 is 26.4 Å². The van der Waals surface area contributed by atoms with E-state index in [1.165, 1.54) is 32.3 Å². The van der Waals surface area contributed by atoms with Crippen LogP contribution in [0.4, 0.5) is 11.4 Å². The number of benzene rings is 1. The molecule has 1 rings (SSSR count). The molecule has 0 radical (unpaired) electrons. The van der Waals surface area contributed by atoms with Crippen LogP contribution in [0.3, 0.4) is 0 Å². The summed E-state index contributed by atoms with van der Waals surface area (Å²) in [6.45, 7) is -1.65. The lowest BCUT2D eigenvalue weighted by atomic mass is 10.0. The minimum atomic E-state index is -3.72. The van der Waals surface area contributed by atoms with Crippen LogP contribution in [0, 0.1) is 0 Å². The van der Waals surface area contributed by atoms with Crippen LogP contribution < -0.4 is 11.1 Å². The lowest BCUT2D eigenvalue weighted by Crippen LogP contribution is -2.49. The molecule has 0 heterocycles. The van der Waals surface area contributed by atoms with Crippen molar-refractivity contribution < 1.29 is 23.7 Å². The number of sulfonamides is 1. The van der Waals surface area contributed by atoms with Crippen LogP contribution in [0.25, 0.3) is 0 Å². The van der Waals surface area contributed by atoms with Gasteiger partial charge in [-0.2, -0.15) is 0 Å². The van der Waals surface area contributed by atoms with Crippen molar-refractivity contribution in [1.82, 2.24) is 4.31 Å². The van der Waals surface area contributed by atoms with Crippen LogP contribution in [0.1, 0.15) is 0 Å². The zero-order chi connectivity index (χ0) is 16.3. The number of anilines is 2. The predicted molar refractivity (Wildman–Crippen MR) is 79.3 cm³/mol. The van der Waals surface area contributed by atoms with Gasteiger partial charge in [0.1, 0.15) is 10.4 Å². The first-order valence-corrected chi connectivity index (χ1v) is 7.60. The van der Waals surface area contributed by atoms with Crippen molar-refractivity contribution in [2.45, 2.75) is 10.4 Å². The molecule has 1 aromatic carbocycles. The van der Waals surface area contributed by atoms with Crippen molar-refractivity contribution in [1.29, 1.82) is 0 Å². The topological polar surface area (TPSA) is 136 Å². The van der Waals surface area contributed by atoms with E-state index >= 15 is 0 Å². The van der Waals surface area contributed by atoms with Crippen molar-refractivity contribution in [2.24, 2.45) is 0 Å². The van der Waals surface area contributed by atoms with Gasteiger partial charge in [-0.05, 0) is 12.1 Å². The monoisotopic (exact) mass is 319 g/mol. The van der Waals surface area contributed by atoms with Gasteiger partial charge in [0.25, 0.3) is 0 Å². The molecule has 1 aromatic rings. The van der Waals surface area contributed by atoms with E-state index in [-0.39, 0.29) is 16.3 Å². The second-order valence-electron chi connectivity index (χ2n) is 4.88. The van der Waals surface area contributed by atoms with Gasteiger partial charge in [0.05, 0.1) is 31.2 Å². The maximum absolute atomic E-state index is 12.1. The second kappa shape index (κ2) is 6.58. The summed E-state index contributed by atoms with van der Waals surface area (Å²) < 4.78 is 25.3. The van der Waals surface area contributed by atoms with Crippen molar-refractivity contribution in [3.05, 3.63) is 18.2 Å². The highest BCUT2D eigenvalue weighted by Gasteiger charge is 2.30. The quantitative estimate of drug-likeness (QED) is 0.392. The fraction of sp³-hybridized carbons (Fsp3) is 0.500. The molecule has 0 aromatic heterocycles. The van der Waals surface area contributed by atoms with Crippen LogP contribution in [-0.4, -0.2) is 67.5 Å². The summed E-state index contributed by atoms with van der Waals surface area (Å²) in [6, 6.07) is 4.33. The predicted octanol–water partition coefficient (Wildman–Crippen LogP) is -1.35. The van der Waals surface area contributed by atoms with E-state index in [0.29, 0.717) is 0 Å². The number of hydrogen-bond acceptors (Lipinski definition) is 7. The number of rotatable bonds is 7. The SMILES string of the molecule is CN(C)S(=O)(=O)c1cccc(NC(CO)(CO)CO)c1N. The largest absolute Gasteiger partial charge is 0.396 e. The van der Waals surface area contributed by atoms with E-state index in [0.717, 1.165) is 4.31 Å². The number of nitrogen functional groups attached to an aromatic ring is 1. The van der Waals surface area contributed by atoms with Gasteiger partial charge in [0.15, 0.2) is 0 Å². The van der Waals surface area contributed by atoms with Gasteiger partial charge in [0, 0.05) is 14.1 Å². The number of aliphatic hydroxyl groups excluding tert-OH is 3. The van der Waals surface area contributed by atoms with Crippen molar-refractivity contribution in [3.63, 3.8) is 0 Å². The molecule has 0 aliphatic rings. The molecule has 21 heavy (non-hydrogen) atoms. The average Bonchev–Trinajstić information content (AvgIpc) is 2.46. The van der Waals surface area contributed by atoms with Gasteiger partial charge >= 0.3 is 0 Å². The number of para-hydroxylation sites is 1. The van der Waals surface area contributed by atoms with Gasteiger partial charge in [-0.25, -0.2) is 12.7 Å². The van der Waals surface area contributed by atoms with Gasteiger partial charge in [-0.1, -0.05) is 6.07 Å². The van der Waals surface area contributed by atoms with E-state index in [9.17, 15) is 23.7 Å². The first-order valence-electron chi connectivity index (χ1n) is 6.16. The zero-order valence-corrected chi connectivity index (χ0v) is 12.8. The Morgan fingerprint density at radius 1 is 1.19 bits per heavy atom. The number of nitrogens with zero attached hydrogens (tertiary/aromatic N) is 1. The Balaban J connectivity index is 3.30. The molecule has 0 unspecified atom stereocenters. The normalized spacial score (nSPS) is 12.7. The number of hydrogen-bond donors (Lipinski definition) is 5. The van der Waals surface area contributed by atoms with Crippen LogP contribution in [0.5, 0.6) is 0 Å². The molecule has 0 saturated carbocycles. The number of nitrogens with two attached hydrogens (primary N) is 1. The molecule has 0 amide bonds. The van der Waals surface area contributed by atoms with E-state index in [4.69, 9.17) is 5.73 Å². The van der Waals surface area contributed by atoms with Crippen molar-refractivity contribution in [2.75, 3.05) is 45.0 Å². The van der Waals surface area contributed by atoms with Crippen LogP contribution >= 0.6 is 0 Å². The lowest BCUT2D eigenvalue weighted by molar-refractivity contribution is 0.0834. The first-order chi connectivity index (χ1) is 9.74. The van der Waals surface area contributed by atoms with Gasteiger partial charge in [0.2, 0.25) is 10.0 Å². The highest BCUT2D eigenvalue weighted by atomic mass is 32.2. The third kappa shape index (κ3) is 3.44. The molecule has 0 fully saturated rings. The summed E-state index contributed by atoms with van der Waals surface area (Å²) in [4.78, 5) is -0.0970. The lowest BCUT2D eigenvalue weighted by Gasteiger charge is -2.30. The Morgan fingerprint density at radius 2 is 1.71 bits per heavy atom. The summed E-state index contributed by atoms with van der Waals surface area (Å²) in [5.41, 5.74) is 4.62. The number of nitrogens with one attached hydrogen (secondary N) is 1. The molecular formula is C12H21N3O5S. The van der Waals surface area contributed by atoms with E-state index < -0.39 is 35.4 Å². The highest BCUT2D eigenvalue weighted by molar-refractivity contribution is 7.89.